The Hall–Kier alpha value is -1.07. The third-order valence-electron chi connectivity index (χ3n) is 3.60. The molecule has 1 unspecified atom stereocenters. The molecular formula is C16H27NO3S. The van der Waals surface area contributed by atoms with Crippen LogP contribution < -0.4 is 10.1 Å². The minimum Gasteiger partial charge on any atom is -0.496 e. The zero-order valence-electron chi connectivity index (χ0n) is 13.5. The van der Waals surface area contributed by atoms with Gasteiger partial charge in [-0.1, -0.05) is 31.5 Å². The normalized spacial score (nSPS) is 13.1. The van der Waals surface area contributed by atoms with E-state index in [-0.39, 0.29) is 17.5 Å². The van der Waals surface area contributed by atoms with Gasteiger partial charge in [-0.2, -0.15) is 0 Å². The first-order valence-corrected chi connectivity index (χ1v) is 9.34. The number of rotatable bonds is 9. The summed E-state index contributed by atoms with van der Waals surface area (Å²) in [6, 6.07) is 6.22. The van der Waals surface area contributed by atoms with Gasteiger partial charge in [0.05, 0.1) is 12.9 Å². The lowest BCUT2D eigenvalue weighted by molar-refractivity contribution is 0.395. The summed E-state index contributed by atoms with van der Waals surface area (Å²) in [7, 11) is -1.23. The highest BCUT2D eigenvalue weighted by molar-refractivity contribution is 7.91. The minimum atomic E-state index is -2.90. The monoisotopic (exact) mass is 313 g/mol. The maximum atomic E-state index is 11.6. The quantitative estimate of drug-likeness (QED) is 0.761. The molecule has 0 aromatic heterocycles. The Kier molecular flexibility index (Phi) is 7.18. The molecule has 120 valence electrons. The first kappa shape index (κ1) is 18.0. The summed E-state index contributed by atoms with van der Waals surface area (Å²) in [5.41, 5.74) is 2.28. The molecule has 21 heavy (non-hydrogen) atoms. The van der Waals surface area contributed by atoms with Crippen molar-refractivity contribution in [1.82, 2.24) is 5.32 Å². The summed E-state index contributed by atoms with van der Waals surface area (Å²) >= 11 is 0. The van der Waals surface area contributed by atoms with Crippen molar-refractivity contribution in [2.24, 2.45) is 0 Å². The van der Waals surface area contributed by atoms with Crippen LogP contribution >= 0.6 is 0 Å². The number of benzene rings is 1. The van der Waals surface area contributed by atoms with Gasteiger partial charge in [-0.15, -0.1) is 0 Å². The molecule has 0 saturated carbocycles. The number of sulfone groups is 1. The van der Waals surface area contributed by atoms with E-state index >= 15 is 0 Å². The Morgan fingerprint density at radius 1 is 1.29 bits per heavy atom. The van der Waals surface area contributed by atoms with E-state index < -0.39 is 9.84 Å². The third kappa shape index (κ3) is 5.67. The summed E-state index contributed by atoms with van der Waals surface area (Å²) in [5, 5.41) is 3.43. The standard InChI is InChI=1S/C16H27NO3S/c1-5-17-15(8-7-11-21(18,19)6-2)14-12-13(3)9-10-16(14)20-4/h9-10,12,15,17H,5-8,11H2,1-4H3. The van der Waals surface area contributed by atoms with Gasteiger partial charge in [-0.25, -0.2) is 8.42 Å². The molecule has 0 amide bonds. The minimum absolute atomic E-state index is 0.122. The Bertz CT molecular complexity index is 540. The molecule has 5 heteroatoms. The molecule has 0 aliphatic heterocycles. The van der Waals surface area contributed by atoms with E-state index in [9.17, 15) is 8.42 Å². The molecule has 1 N–H and O–H groups in total. The predicted molar refractivity (Wildman–Crippen MR) is 87.7 cm³/mol. The molecule has 0 spiro atoms. The fourth-order valence-corrected chi connectivity index (χ4v) is 3.29. The Labute approximate surface area is 128 Å². The van der Waals surface area contributed by atoms with Crippen molar-refractivity contribution < 1.29 is 13.2 Å². The van der Waals surface area contributed by atoms with Gasteiger partial charge in [-0.3, -0.25) is 0 Å². The zero-order valence-corrected chi connectivity index (χ0v) is 14.3. The lowest BCUT2D eigenvalue weighted by Crippen LogP contribution is -2.22. The first-order chi connectivity index (χ1) is 9.93. The van der Waals surface area contributed by atoms with Crippen LogP contribution in [0.15, 0.2) is 18.2 Å². The van der Waals surface area contributed by atoms with Gasteiger partial charge in [0.25, 0.3) is 0 Å². The van der Waals surface area contributed by atoms with Crippen LogP contribution in [0.2, 0.25) is 0 Å². The van der Waals surface area contributed by atoms with Gasteiger partial charge < -0.3 is 10.1 Å². The number of aryl methyl sites for hydroxylation is 1. The highest BCUT2D eigenvalue weighted by Gasteiger charge is 2.17. The van der Waals surface area contributed by atoms with Crippen LogP contribution in [0.1, 0.15) is 43.9 Å². The van der Waals surface area contributed by atoms with E-state index in [4.69, 9.17) is 4.74 Å². The van der Waals surface area contributed by atoms with Crippen LogP contribution in [0.4, 0.5) is 0 Å². The molecule has 1 atom stereocenters. The Morgan fingerprint density at radius 3 is 2.57 bits per heavy atom. The van der Waals surface area contributed by atoms with Crippen molar-refractivity contribution in [3.8, 4) is 5.75 Å². The van der Waals surface area contributed by atoms with Crippen LogP contribution in [0.3, 0.4) is 0 Å². The molecule has 0 saturated heterocycles. The number of ether oxygens (including phenoxy) is 1. The molecule has 4 nitrogen and oxygen atoms in total. The van der Waals surface area contributed by atoms with E-state index in [2.05, 4.69) is 18.3 Å². The van der Waals surface area contributed by atoms with Crippen molar-refractivity contribution in [1.29, 1.82) is 0 Å². The maximum Gasteiger partial charge on any atom is 0.150 e. The second-order valence-electron chi connectivity index (χ2n) is 5.23. The van der Waals surface area contributed by atoms with Gasteiger partial charge in [0.1, 0.15) is 15.6 Å². The van der Waals surface area contributed by atoms with Gasteiger partial charge in [-0.05, 0) is 32.4 Å². The molecule has 0 radical (unpaired) electrons. The molecule has 0 fully saturated rings. The van der Waals surface area contributed by atoms with Gasteiger partial charge in [0.15, 0.2) is 0 Å². The van der Waals surface area contributed by atoms with Crippen molar-refractivity contribution >= 4 is 9.84 Å². The average Bonchev–Trinajstić information content (AvgIpc) is 2.46. The number of nitrogens with one attached hydrogen (secondary N) is 1. The summed E-state index contributed by atoms with van der Waals surface area (Å²) in [4.78, 5) is 0. The second kappa shape index (κ2) is 8.39. The van der Waals surface area contributed by atoms with E-state index in [0.717, 1.165) is 24.3 Å². The first-order valence-electron chi connectivity index (χ1n) is 7.51. The van der Waals surface area contributed by atoms with Crippen molar-refractivity contribution in [3.05, 3.63) is 29.3 Å². The van der Waals surface area contributed by atoms with Crippen molar-refractivity contribution in [2.45, 2.75) is 39.7 Å². The lowest BCUT2D eigenvalue weighted by atomic mass is 9.99. The van der Waals surface area contributed by atoms with Crippen LogP contribution in [-0.2, 0) is 9.84 Å². The second-order valence-corrected chi connectivity index (χ2v) is 7.71. The van der Waals surface area contributed by atoms with E-state index in [0.29, 0.717) is 6.42 Å². The topological polar surface area (TPSA) is 55.4 Å². The molecule has 1 aromatic rings. The fourth-order valence-electron chi connectivity index (χ4n) is 2.39. The van der Waals surface area contributed by atoms with Crippen LogP contribution in [-0.4, -0.2) is 33.6 Å². The Morgan fingerprint density at radius 2 is 2.00 bits per heavy atom. The largest absolute Gasteiger partial charge is 0.496 e. The molecule has 1 rings (SSSR count). The smallest absolute Gasteiger partial charge is 0.150 e. The lowest BCUT2D eigenvalue weighted by Gasteiger charge is -2.21. The van der Waals surface area contributed by atoms with Gasteiger partial charge >= 0.3 is 0 Å². The van der Waals surface area contributed by atoms with E-state index in [1.54, 1.807) is 14.0 Å². The number of hydrogen-bond donors (Lipinski definition) is 1. The highest BCUT2D eigenvalue weighted by atomic mass is 32.2. The maximum absolute atomic E-state index is 11.6. The predicted octanol–water partition coefficient (Wildman–Crippen LogP) is 2.87. The third-order valence-corrected chi connectivity index (χ3v) is 5.39. The van der Waals surface area contributed by atoms with E-state index in [1.165, 1.54) is 5.56 Å². The molecule has 0 bridgehead atoms. The Balaban J connectivity index is 2.84. The summed E-state index contributed by atoms with van der Waals surface area (Å²) in [6.07, 6.45) is 1.44. The summed E-state index contributed by atoms with van der Waals surface area (Å²) in [6.45, 7) is 6.63. The number of hydrogen-bond acceptors (Lipinski definition) is 4. The van der Waals surface area contributed by atoms with Crippen LogP contribution in [0.25, 0.3) is 0 Å². The molecule has 1 aromatic carbocycles. The van der Waals surface area contributed by atoms with Crippen LogP contribution in [0, 0.1) is 6.92 Å². The van der Waals surface area contributed by atoms with Gasteiger partial charge in [0, 0.05) is 17.4 Å². The molecule has 0 aliphatic carbocycles. The molecule has 0 heterocycles. The van der Waals surface area contributed by atoms with Crippen molar-refractivity contribution in [3.63, 3.8) is 0 Å². The fraction of sp³-hybridized carbons (Fsp3) is 0.625. The van der Waals surface area contributed by atoms with Crippen LogP contribution in [0.5, 0.6) is 5.75 Å². The summed E-state index contributed by atoms with van der Waals surface area (Å²) < 4.78 is 28.7. The van der Waals surface area contributed by atoms with Crippen molar-refractivity contribution in [2.75, 3.05) is 25.2 Å². The molecule has 0 aliphatic rings. The van der Waals surface area contributed by atoms with E-state index in [1.807, 2.05) is 19.1 Å². The number of methoxy groups -OCH3 is 1. The molecular weight excluding hydrogens is 286 g/mol. The highest BCUT2D eigenvalue weighted by Crippen LogP contribution is 2.29. The summed E-state index contributed by atoms with van der Waals surface area (Å²) in [5.74, 6) is 1.32. The zero-order chi connectivity index (χ0) is 15.9. The SMILES string of the molecule is CCNC(CCCS(=O)(=O)CC)c1cc(C)ccc1OC. The van der Waals surface area contributed by atoms with Gasteiger partial charge in [0.2, 0.25) is 0 Å². The average molecular weight is 313 g/mol.